The second kappa shape index (κ2) is 7.97. The molecule has 0 bridgehead atoms. The molecule has 0 spiro atoms. The molecule has 0 radical (unpaired) electrons. The van der Waals surface area contributed by atoms with E-state index in [2.05, 4.69) is 0 Å². The summed E-state index contributed by atoms with van der Waals surface area (Å²) in [5.41, 5.74) is 2.35. The number of imide groups is 1. The van der Waals surface area contributed by atoms with E-state index in [1.807, 2.05) is 49.4 Å². The standard InChI is InChI=1S/C21H17NO3S/c1-15(12-16-8-4-2-5-9-16)13-19-20(24)22(21(25)26-19)14-18(23)17-10-6-3-7-11-17/h2-13H,14H2,1H3/b15-12+,19-13+. The molecule has 1 aliphatic rings. The fourth-order valence-corrected chi connectivity index (χ4v) is 3.44. The summed E-state index contributed by atoms with van der Waals surface area (Å²) in [6, 6.07) is 18.4. The Morgan fingerprint density at radius 2 is 1.62 bits per heavy atom. The highest BCUT2D eigenvalue weighted by molar-refractivity contribution is 8.18. The molecule has 0 atom stereocenters. The lowest BCUT2D eigenvalue weighted by molar-refractivity contribution is -0.122. The van der Waals surface area contributed by atoms with Crippen LogP contribution in [0.2, 0.25) is 0 Å². The maximum absolute atomic E-state index is 12.5. The van der Waals surface area contributed by atoms with Crippen LogP contribution in [0.1, 0.15) is 22.8 Å². The number of nitrogens with zero attached hydrogens (tertiary/aromatic N) is 1. The smallest absolute Gasteiger partial charge is 0.292 e. The van der Waals surface area contributed by atoms with Crippen molar-refractivity contribution in [3.63, 3.8) is 0 Å². The number of thioether (sulfide) groups is 1. The molecule has 0 saturated carbocycles. The van der Waals surface area contributed by atoms with Crippen molar-refractivity contribution >= 4 is 34.8 Å². The minimum atomic E-state index is -0.426. The fourth-order valence-electron chi connectivity index (χ4n) is 2.56. The molecule has 3 rings (SSSR count). The largest absolute Gasteiger partial charge is 0.293 e. The van der Waals surface area contributed by atoms with Crippen LogP contribution in [0.4, 0.5) is 4.79 Å². The molecule has 2 aromatic rings. The predicted octanol–water partition coefficient (Wildman–Crippen LogP) is 4.55. The molecule has 0 aliphatic carbocycles. The van der Waals surface area contributed by atoms with Gasteiger partial charge < -0.3 is 0 Å². The number of benzene rings is 2. The summed E-state index contributed by atoms with van der Waals surface area (Å²) in [7, 11) is 0. The number of allylic oxidation sites excluding steroid dienone is 2. The van der Waals surface area contributed by atoms with Gasteiger partial charge in [-0.3, -0.25) is 19.3 Å². The molecule has 0 aromatic heterocycles. The first kappa shape index (κ1) is 17.9. The lowest BCUT2D eigenvalue weighted by Gasteiger charge is -2.11. The zero-order valence-electron chi connectivity index (χ0n) is 14.2. The third kappa shape index (κ3) is 4.18. The van der Waals surface area contributed by atoms with Gasteiger partial charge in [-0.05, 0) is 35.9 Å². The molecule has 26 heavy (non-hydrogen) atoms. The maximum atomic E-state index is 12.5. The van der Waals surface area contributed by atoms with Gasteiger partial charge in [0.25, 0.3) is 11.1 Å². The first-order valence-electron chi connectivity index (χ1n) is 8.11. The van der Waals surface area contributed by atoms with E-state index in [-0.39, 0.29) is 12.3 Å². The van der Waals surface area contributed by atoms with Crippen LogP contribution in [0, 0.1) is 0 Å². The van der Waals surface area contributed by atoms with Crippen molar-refractivity contribution in [2.24, 2.45) is 0 Å². The number of hydrogen-bond acceptors (Lipinski definition) is 4. The quantitative estimate of drug-likeness (QED) is 0.577. The Bertz CT molecular complexity index is 901. The monoisotopic (exact) mass is 363 g/mol. The van der Waals surface area contributed by atoms with Crippen LogP contribution in [0.25, 0.3) is 6.08 Å². The first-order valence-corrected chi connectivity index (χ1v) is 8.93. The second-order valence-electron chi connectivity index (χ2n) is 5.86. The maximum Gasteiger partial charge on any atom is 0.293 e. The minimum Gasteiger partial charge on any atom is -0.292 e. The van der Waals surface area contributed by atoms with Crippen LogP contribution >= 0.6 is 11.8 Å². The average molecular weight is 363 g/mol. The Morgan fingerprint density at radius 3 is 2.27 bits per heavy atom. The molecule has 0 N–H and O–H groups in total. The summed E-state index contributed by atoms with van der Waals surface area (Å²) < 4.78 is 0. The average Bonchev–Trinajstić information content (AvgIpc) is 2.90. The van der Waals surface area contributed by atoms with Crippen molar-refractivity contribution in [1.82, 2.24) is 4.90 Å². The number of ketones is 1. The number of amides is 2. The van der Waals surface area contributed by atoms with E-state index in [4.69, 9.17) is 0 Å². The van der Waals surface area contributed by atoms with E-state index in [9.17, 15) is 14.4 Å². The SMILES string of the molecule is CC(=C\c1ccccc1)/C=C1/SC(=O)N(CC(=O)c2ccccc2)C1=O. The van der Waals surface area contributed by atoms with Crippen LogP contribution in [-0.4, -0.2) is 28.4 Å². The third-order valence-corrected chi connectivity index (χ3v) is 4.73. The Balaban J connectivity index is 1.74. The molecule has 1 heterocycles. The fraction of sp³-hybridized carbons (Fsp3) is 0.0952. The normalized spacial score (nSPS) is 16.4. The molecule has 1 saturated heterocycles. The van der Waals surface area contributed by atoms with Gasteiger partial charge in [-0.25, -0.2) is 0 Å². The van der Waals surface area contributed by atoms with Crippen molar-refractivity contribution in [3.05, 3.63) is 88.3 Å². The number of Topliss-reactive ketones (excluding diaryl/α,β-unsaturated/α-hetero) is 1. The summed E-state index contributed by atoms with van der Waals surface area (Å²) >= 11 is 0.863. The van der Waals surface area contributed by atoms with Gasteiger partial charge in [0.2, 0.25) is 0 Å². The van der Waals surface area contributed by atoms with Gasteiger partial charge in [-0.2, -0.15) is 0 Å². The van der Waals surface area contributed by atoms with Gasteiger partial charge in [0, 0.05) is 5.56 Å². The topological polar surface area (TPSA) is 54.5 Å². The van der Waals surface area contributed by atoms with Gasteiger partial charge in [0.05, 0.1) is 11.4 Å². The van der Waals surface area contributed by atoms with Gasteiger partial charge >= 0.3 is 0 Å². The van der Waals surface area contributed by atoms with E-state index >= 15 is 0 Å². The lowest BCUT2D eigenvalue weighted by Crippen LogP contribution is -2.33. The summed E-state index contributed by atoms with van der Waals surface area (Å²) in [5, 5.41) is -0.418. The summed E-state index contributed by atoms with van der Waals surface area (Å²) in [4.78, 5) is 38.3. The molecule has 2 aromatic carbocycles. The Hall–Kier alpha value is -2.92. The van der Waals surface area contributed by atoms with Gasteiger partial charge in [-0.15, -0.1) is 0 Å². The van der Waals surface area contributed by atoms with Gasteiger partial charge in [0.15, 0.2) is 5.78 Å². The van der Waals surface area contributed by atoms with Crippen LogP contribution < -0.4 is 0 Å². The molecule has 130 valence electrons. The van der Waals surface area contributed by atoms with E-state index in [0.29, 0.717) is 10.5 Å². The zero-order valence-corrected chi connectivity index (χ0v) is 15.0. The molecule has 1 aliphatic heterocycles. The molecule has 2 amide bonds. The molecule has 4 nitrogen and oxygen atoms in total. The Labute approximate surface area is 156 Å². The second-order valence-corrected chi connectivity index (χ2v) is 6.85. The number of carbonyl (C=O) groups is 3. The Morgan fingerprint density at radius 1 is 1.00 bits per heavy atom. The molecule has 0 unspecified atom stereocenters. The number of rotatable bonds is 5. The number of carbonyl (C=O) groups excluding carboxylic acids is 3. The van der Waals surface area contributed by atoms with Gasteiger partial charge in [0.1, 0.15) is 0 Å². The summed E-state index contributed by atoms with van der Waals surface area (Å²) in [6.45, 7) is 1.63. The highest BCUT2D eigenvalue weighted by atomic mass is 32.2. The number of hydrogen-bond donors (Lipinski definition) is 0. The van der Waals surface area contributed by atoms with Gasteiger partial charge in [-0.1, -0.05) is 66.7 Å². The predicted molar refractivity (Wildman–Crippen MR) is 104 cm³/mol. The van der Waals surface area contributed by atoms with E-state index in [1.165, 1.54) is 0 Å². The highest BCUT2D eigenvalue weighted by Gasteiger charge is 2.36. The molecule has 1 fully saturated rings. The van der Waals surface area contributed by atoms with Crippen molar-refractivity contribution < 1.29 is 14.4 Å². The summed E-state index contributed by atoms with van der Waals surface area (Å²) in [5.74, 6) is -0.684. The van der Waals surface area contributed by atoms with Crippen LogP contribution in [0.15, 0.2) is 77.2 Å². The van der Waals surface area contributed by atoms with Crippen molar-refractivity contribution in [2.45, 2.75) is 6.92 Å². The van der Waals surface area contributed by atoms with Crippen LogP contribution in [0.3, 0.4) is 0 Å². The van der Waals surface area contributed by atoms with E-state index in [1.54, 1.807) is 30.3 Å². The molecular weight excluding hydrogens is 346 g/mol. The minimum absolute atomic E-state index is 0.243. The van der Waals surface area contributed by atoms with Crippen molar-refractivity contribution in [3.8, 4) is 0 Å². The van der Waals surface area contributed by atoms with E-state index in [0.717, 1.165) is 27.8 Å². The van der Waals surface area contributed by atoms with Crippen LogP contribution in [0.5, 0.6) is 0 Å². The Kier molecular flexibility index (Phi) is 5.49. The third-order valence-electron chi connectivity index (χ3n) is 3.82. The highest BCUT2D eigenvalue weighted by Crippen LogP contribution is 2.31. The molecule has 5 heteroatoms. The first-order chi connectivity index (χ1) is 12.5. The lowest BCUT2D eigenvalue weighted by atomic mass is 10.1. The molecular formula is C21H17NO3S. The zero-order chi connectivity index (χ0) is 18.5. The van der Waals surface area contributed by atoms with E-state index < -0.39 is 11.1 Å². The summed E-state index contributed by atoms with van der Waals surface area (Å²) in [6.07, 6.45) is 3.62. The van der Waals surface area contributed by atoms with Crippen molar-refractivity contribution in [1.29, 1.82) is 0 Å². The van der Waals surface area contributed by atoms with Crippen LogP contribution in [-0.2, 0) is 4.79 Å². The van der Waals surface area contributed by atoms with Crippen molar-refractivity contribution in [2.75, 3.05) is 6.54 Å².